The molecule has 3 aromatic rings. The maximum Gasteiger partial charge on any atom is 0.416 e. The fourth-order valence-electron chi connectivity index (χ4n) is 3.69. The number of rotatable bonds is 4. The Morgan fingerprint density at radius 3 is 2.56 bits per heavy atom. The summed E-state index contributed by atoms with van der Waals surface area (Å²) in [6.45, 7) is 3.79. The van der Waals surface area contributed by atoms with Crippen LogP contribution in [0.3, 0.4) is 0 Å². The topological polar surface area (TPSA) is 66.9 Å². The summed E-state index contributed by atoms with van der Waals surface area (Å²) in [4.78, 5) is 21.7. The zero-order valence-corrected chi connectivity index (χ0v) is 18.1. The molecule has 4 rings (SSSR count). The van der Waals surface area contributed by atoms with Crippen molar-refractivity contribution in [2.75, 3.05) is 10.6 Å². The number of ketones is 1. The van der Waals surface area contributed by atoms with Crippen LogP contribution in [0.25, 0.3) is 0 Å². The number of carbonyl (C=O) groups is 1. The molecule has 0 saturated carbocycles. The number of hydrogen-bond donors (Lipinski definition) is 2. The Labute approximate surface area is 188 Å². The fourth-order valence-corrected chi connectivity index (χ4v) is 3.86. The summed E-state index contributed by atoms with van der Waals surface area (Å²) in [5, 5.41) is 6.58. The van der Waals surface area contributed by atoms with Gasteiger partial charge in [-0.1, -0.05) is 30.7 Å². The van der Waals surface area contributed by atoms with Crippen LogP contribution < -0.4 is 10.6 Å². The number of aromatic nitrogens is 2. The number of fused-ring (bicyclic) bond motifs is 1. The number of nitrogens with zero attached hydrogens (tertiary/aromatic N) is 2. The smallest absolute Gasteiger partial charge is 0.339 e. The molecule has 0 spiro atoms. The van der Waals surface area contributed by atoms with Gasteiger partial charge in [0.1, 0.15) is 5.82 Å². The fraction of sp³-hybridized carbons (Fsp3) is 0.261. The Morgan fingerprint density at radius 1 is 1.06 bits per heavy atom. The molecule has 1 atom stereocenters. The van der Waals surface area contributed by atoms with Gasteiger partial charge in [0, 0.05) is 22.8 Å². The standard InChI is InChI=1S/C23H20ClF3N4O/c1-12-9-18-20(19(32)10-12)21(29-17-8-4-7-16(24)13(17)2)31-22(30-18)28-15-6-3-5-14(11-15)23(25,26)27/h3-8,11-12H,9-10H2,1-2H3,(H2,28,29,30,31). The summed E-state index contributed by atoms with van der Waals surface area (Å²) in [6, 6.07) is 10.1. The normalized spacial score (nSPS) is 15.9. The number of alkyl halides is 3. The average Bonchev–Trinajstić information content (AvgIpc) is 2.70. The molecule has 2 N–H and O–H groups in total. The lowest BCUT2D eigenvalue weighted by Crippen LogP contribution is -2.22. The number of hydrogen-bond acceptors (Lipinski definition) is 5. The maximum absolute atomic E-state index is 13.1. The highest BCUT2D eigenvalue weighted by molar-refractivity contribution is 6.31. The molecule has 2 aromatic carbocycles. The second-order valence-corrected chi connectivity index (χ2v) is 8.30. The van der Waals surface area contributed by atoms with E-state index >= 15 is 0 Å². The number of halogens is 4. The van der Waals surface area contributed by atoms with Gasteiger partial charge in [-0.25, -0.2) is 4.98 Å². The molecule has 32 heavy (non-hydrogen) atoms. The average molecular weight is 461 g/mol. The molecule has 5 nitrogen and oxygen atoms in total. The van der Waals surface area contributed by atoms with E-state index in [1.54, 1.807) is 12.1 Å². The van der Waals surface area contributed by atoms with E-state index in [2.05, 4.69) is 20.6 Å². The summed E-state index contributed by atoms with van der Waals surface area (Å²) < 4.78 is 39.2. The second-order valence-electron chi connectivity index (χ2n) is 7.90. The van der Waals surface area contributed by atoms with Crippen LogP contribution >= 0.6 is 11.6 Å². The highest BCUT2D eigenvalue weighted by atomic mass is 35.5. The Hall–Kier alpha value is -3.13. The first-order chi connectivity index (χ1) is 15.1. The Morgan fingerprint density at radius 2 is 1.81 bits per heavy atom. The first-order valence-electron chi connectivity index (χ1n) is 10.0. The second kappa shape index (κ2) is 8.43. The van der Waals surface area contributed by atoms with Crippen LogP contribution in [0.2, 0.25) is 5.02 Å². The van der Waals surface area contributed by atoms with Crippen LogP contribution in [0.15, 0.2) is 42.5 Å². The van der Waals surface area contributed by atoms with Gasteiger partial charge in [-0.3, -0.25) is 4.79 Å². The number of benzene rings is 2. The van der Waals surface area contributed by atoms with Crippen LogP contribution in [0, 0.1) is 12.8 Å². The van der Waals surface area contributed by atoms with Crippen molar-refractivity contribution in [1.29, 1.82) is 0 Å². The Balaban J connectivity index is 1.76. The highest BCUT2D eigenvalue weighted by Gasteiger charge is 2.31. The summed E-state index contributed by atoms with van der Waals surface area (Å²) in [6.07, 6.45) is -3.53. The van der Waals surface area contributed by atoms with Crippen LogP contribution in [0.1, 0.15) is 40.5 Å². The third-order valence-corrected chi connectivity index (χ3v) is 5.71. The Bertz CT molecular complexity index is 1200. The predicted molar refractivity (Wildman–Crippen MR) is 118 cm³/mol. The van der Waals surface area contributed by atoms with E-state index in [0.29, 0.717) is 40.6 Å². The lowest BCUT2D eigenvalue weighted by Gasteiger charge is -2.23. The molecule has 0 fully saturated rings. The molecule has 1 aromatic heterocycles. The van der Waals surface area contributed by atoms with Crippen molar-refractivity contribution in [2.45, 2.75) is 32.9 Å². The number of anilines is 4. The largest absolute Gasteiger partial charge is 0.416 e. The van der Waals surface area contributed by atoms with Gasteiger partial charge in [-0.05, 0) is 55.2 Å². The van der Waals surface area contributed by atoms with Crippen molar-refractivity contribution in [2.24, 2.45) is 5.92 Å². The van der Waals surface area contributed by atoms with E-state index < -0.39 is 11.7 Å². The number of carbonyl (C=O) groups excluding carboxylic acids is 1. The van der Waals surface area contributed by atoms with Gasteiger partial charge < -0.3 is 10.6 Å². The van der Waals surface area contributed by atoms with Crippen LogP contribution in [0.5, 0.6) is 0 Å². The van der Waals surface area contributed by atoms with Crippen molar-refractivity contribution < 1.29 is 18.0 Å². The summed E-state index contributed by atoms with van der Waals surface area (Å²) in [5.41, 5.74) is 1.83. The van der Waals surface area contributed by atoms with Crippen molar-refractivity contribution in [3.05, 3.63) is 69.9 Å². The summed E-state index contributed by atoms with van der Waals surface area (Å²) in [7, 11) is 0. The van der Waals surface area contributed by atoms with Crippen molar-refractivity contribution >= 4 is 40.5 Å². The molecule has 0 bridgehead atoms. The molecule has 0 radical (unpaired) electrons. The summed E-state index contributed by atoms with van der Waals surface area (Å²) in [5.74, 6) is 0.428. The SMILES string of the molecule is Cc1c(Cl)cccc1Nc1nc(Nc2cccc(C(F)(F)F)c2)nc2c1C(=O)CC(C)C2. The van der Waals surface area contributed by atoms with Gasteiger partial charge in [0.2, 0.25) is 5.95 Å². The first-order valence-corrected chi connectivity index (χ1v) is 10.4. The highest BCUT2D eigenvalue weighted by Crippen LogP contribution is 2.35. The first kappa shape index (κ1) is 22.1. The quantitative estimate of drug-likeness (QED) is 0.453. The monoisotopic (exact) mass is 460 g/mol. The third kappa shape index (κ3) is 4.55. The summed E-state index contributed by atoms with van der Waals surface area (Å²) >= 11 is 6.22. The van der Waals surface area contributed by atoms with E-state index in [0.717, 1.165) is 17.7 Å². The van der Waals surface area contributed by atoms with E-state index in [1.165, 1.54) is 12.1 Å². The van der Waals surface area contributed by atoms with Gasteiger partial charge in [0.25, 0.3) is 0 Å². The molecular weight excluding hydrogens is 441 g/mol. The molecule has 1 aliphatic carbocycles. The Kier molecular flexibility index (Phi) is 5.81. The maximum atomic E-state index is 13.1. The van der Waals surface area contributed by atoms with Gasteiger partial charge in [0.15, 0.2) is 5.78 Å². The number of nitrogens with one attached hydrogen (secondary N) is 2. The molecule has 1 heterocycles. The lowest BCUT2D eigenvalue weighted by atomic mass is 9.87. The van der Waals surface area contributed by atoms with Crippen molar-refractivity contribution in [3.63, 3.8) is 0 Å². The minimum Gasteiger partial charge on any atom is -0.339 e. The molecule has 0 aliphatic heterocycles. The minimum absolute atomic E-state index is 0.0773. The van der Waals surface area contributed by atoms with E-state index in [4.69, 9.17) is 11.6 Å². The van der Waals surface area contributed by atoms with Gasteiger partial charge >= 0.3 is 6.18 Å². The molecule has 1 unspecified atom stereocenters. The van der Waals surface area contributed by atoms with Gasteiger partial charge in [-0.15, -0.1) is 0 Å². The van der Waals surface area contributed by atoms with Gasteiger partial charge in [0.05, 0.1) is 16.8 Å². The lowest BCUT2D eigenvalue weighted by molar-refractivity contribution is -0.137. The van der Waals surface area contributed by atoms with Crippen LogP contribution in [0.4, 0.5) is 36.3 Å². The molecule has 1 aliphatic rings. The molecule has 166 valence electrons. The van der Waals surface area contributed by atoms with E-state index in [-0.39, 0.29) is 23.3 Å². The number of Topliss-reactive ketones (excluding diaryl/α,β-unsaturated/α-hetero) is 1. The van der Waals surface area contributed by atoms with Crippen molar-refractivity contribution in [1.82, 2.24) is 9.97 Å². The van der Waals surface area contributed by atoms with E-state index in [9.17, 15) is 18.0 Å². The van der Waals surface area contributed by atoms with Crippen LogP contribution in [-0.2, 0) is 12.6 Å². The van der Waals surface area contributed by atoms with E-state index in [1.807, 2.05) is 19.9 Å². The van der Waals surface area contributed by atoms with Crippen LogP contribution in [-0.4, -0.2) is 15.8 Å². The minimum atomic E-state index is -4.47. The zero-order chi connectivity index (χ0) is 23.0. The molecule has 0 saturated heterocycles. The van der Waals surface area contributed by atoms with Gasteiger partial charge in [-0.2, -0.15) is 18.2 Å². The van der Waals surface area contributed by atoms with Crippen molar-refractivity contribution in [3.8, 4) is 0 Å². The molecular formula is C23H20ClF3N4O. The molecule has 0 amide bonds. The zero-order valence-electron chi connectivity index (χ0n) is 17.3. The third-order valence-electron chi connectivity index (χ3n) is 5.31. The molecule has 9 heteroatoms. The predicted octanol–water partition coefficient (Wildman–Crippen LogP) is 6.71.